The first-order valence-electron chi connectivity index (χ1n) is 15.7. The molecule has 0 N–H and O–H groups in total. The van der Waals surface area contributed by atoms with Crippen LogP contribution in [0.5, 0.6) is 0 Å². The first-order valence-corrected chi connectivity index (χ1v) is 15.7. The average molecular weight is 579 g/mol. The van der Waals surface area contributed by atoms with E-state index in [2.05, 4.69) is 182 Å². The highest BCUT2D eigenvalue weighted by Gasteiger charge is 2.21. The molecule has 0 aliphatic carbocycles. The first-order chi connectivity index (χ1) is 22.1. The van der Waals surface area contributed by atoms with E-state index in [4.69, 9.17) is 0 Å². The number of hydrogen-bond donors (Lipinski definition) is 0. The predicted octanol–water partition coefficient (Wildman–Crippen LogP) is 12.2. The largest absolute Gasteiger partial charge is 0.310 e. The third-order valence-electron chi connectivity index (χ3n) is 9.13. The molecule has 0 radical (unpaired) electrons. The van der Waals surface area contributed by atoms with Gasteiger partial charge in [0.05, 0.1) is 11.2 Å². The van der Waals surface area contributed by atoms with Gasteiger partial charge in [-0.3, -0.25) is 0 Å². The lowest BCUT2D eigenvalue weighted by Gasteiger charge is -2.28. The number of anilines is 3. The summed E-state index contributed by atoms with van der Waals surface area (Å²) in [4.78, 5) is 2.44. The summed E-state index contributed by atoms with van der Waals surface area (Å²) in [5, 5.41) is 8.88. The summed E-state index contributed by atoms with van der Waals surface area (Å²) in [6.07, 6.45) is 4.35. The molecule has 216 valence electrons. The summed E-state index contributed by atoms with van der Waals surface area (Å²) >= 11 is 0. The Kier molecular flexibility index (Phi) is 6.50. The third-order valence-corrected chi connectivity index (χ3v) is 9.13. The smallest absolute Gasteiger partial charge is 0.0558 e. The Bertz CT molecular complexity index is 2350. The normalized spacial score (nSPS) is 11.8. The van der Waals surface area contributed by atoms with Crippen molar-refractivity contribution in [1.29, 1.82) is 0 Å². The van der Waals surface area contributed by atoms with Crippen LogP contribution in [0, 0.1) is 13.8 Å². The number of allylic oxidation sites excluding steroid dienone is 1. The molecule has 1 aromatic heterocycles. The van der Waals surface area contributed by atoms with Crippen molar-refractivity contribution in [3.63, 3.8) is 0 Å². The zero-order valence-electron chi connectivity index (χ0n) is 25.8. The van der Waals surface area contributed by atoms with Gasteiger partial charge >= 0.3 is 0 Å². The Morgan fingerprint density at radius 1 is 0.533 bits per heavy atom. The molecule has 8 aromatic rings. The van der Waals surface area contributed by atoms with E-state index in [0.29, 0.717) is 0 Å². The summed E-state index contributed by atoms with van der Waals surface area (Å²) in [5.74, 6) is 0. The van der Waals surface area contributed by atoms with Gasteiger partial charge in [0.25, 0.3) is 0 Å². The molecule has 0 spiro atoms. The first kappa shape index (κ1) is 27.0. The molecule has 0 amide bonds. The number of nitrogens with zero attached hydrogens (tertiary/aromatic N) is 2. The molecule has 0 saturated carbocycles. The summed E-state index contributed by atoms with van der Waals surface area (Å²) in [6.45, 7) is 6.47. The monoisotopic (exact) mass is 578 g/mol. The fourth-order valence-electron chi connectivity index (χ4n) is 7.05. The quantitative estimate of drug-likeness (QED) is 0.184. The molecule has 1 heterocycles. The number of aryl methyl sites for hydroxylation is 2. The van der Waals surface area contributed by atoms with Gasteiger partial charge in [0.1, 0.15) is 0 Å². The maximum Gasteiger partial charge on any atom is 0.0558 e. The number of hydrogen-bond acceptors (Lipinski definition) is 1. The van der Waals surface area contributed by atoms with Crippen LogP contribution >= 0.6 is 0 Å². The van der Waals surface area contributed by atoms with Crippen LogP contribution < -0.4 is 4.90 Å². The van der Waals surface area contributed by atoms with Crippen molar-refractivity contribution >= 4 is 66.4 Å². The summed E-state index contributed by atoms with van der Waals surface area (Å²) in [5.41, 5.74) is 9.50. The van der Waals surface area contributed by atoms with Crippen LogP contribution in [-0.2, 0) is 0 Å². The number of rotatable bonds is 5. The van der Waals surface area contributed by atoms with E-state index in [0.717, 1.165) is 17.1 Å². The number of fused-ring (bicyclic) bond motifs is 7. The SMILES string of the molecule is C/C=C\c1c(C)c2ccc(N(c3ccc(C)cc3)c3cccc4c5ccccc5c5ccccc5c34)cc2n1-c1ccccc1. The van der Waals surface area contributed by atoms with Gasteiger partial charge in [-0.2, -0.15) is 0 Å². The van der Waals surface area contributed by atoms with Gasteiger partial charge in [-0.15, -0.1) is 0 Å². The lowest BCUT2D eigenvalue weighted by molar-refractivity contribution is 1.10. The molecule has 0 aliphatic heterocycles. The Balaban J connectivity index is 1.48. The van der Waals surface area contributed by atoms with Crippen molar-refractivity contribution in [2.75, 3.05) is 4.90 Å². The maximum atomic E-state index is 2.44. The van der Waals surface area contributed by atoms with Crippen LogP contribution in [0.3, 0.4) is 0 Å². The zero-order valence-corrected chi connectivity index (χ0v) is 25.8. The number of benzene rings is 7. The fourth-order valence-corrected chi connectivity index (χ4v) is 7.05. The summed E-state index contributed by atoms with van der Waals surface area (Å²) in [6, 6.07) is 51.0. The van der Waals surface area contributed by atoms with E-state index >= 15 is 0 Å². The minimum atomic E-state index is 1.12. The molecule has 0 aliphatic rings. The van der Waals surface area contributed by atoms with Crippen LogP contribution in [0.2, 0.25) is 0 Å². The molecule has 0 fully saturated rings. The van der Waals surface area contributed by atoms with Crippen LogP contribution in [0.25, 0.3) is 55.0 Å². The van der Waals surface area contributed by atoms with Gasteiger partial charge in [-0.25, -0.2) is 0 Å². The van der Waals surface area contributed by atoms with Crippen molar-refractivity contribution < 1.29 is 0 Å². The molecule has 8 rings (SSSR count). The second-order valence-electron chi connectivity index (χ2n) is 11.8. The standard InChI is InChI=1S/C43H34N2/c1-4-13-40-30(3)34-27-26-33(28-42(34)45(40)31-14-6-5-7-15-31)44(32-24-22-29(2)23-25-32)41-21-12-20-39-37-17-9-8-16-35(37)36-18-10-11-19-38(36)43(39)41/h4-28H,1-3H3/b13-4-. The van der Waals surface area contributed by atoms with E-state index in [1.54, 1.807) is 0 Å². The highest BCUT2D eigenvalue weighted by atomic mass is 15.1. The van der Waals surface area contributed by atoms with Gasteiger partial charge in [0, 0.05) is 33.5 Å². The van der Waals surface area contributed by atoms with Crippen LogP contribution in [0.15, 0.2) is 146 Å². The molecular formula is C43H34N2. The minimum absolute atomic E-state index is 1.12. The zero-order chi connectivity index (χ0) is 30.5. The second-order valence-corrected chi connectivity index (χ2v) is 11.8. The molecule has 45 heavy (non-hydrogen) atoms. The topological polar surface area (TPSA) is 8.17 Å². The van der Waals surface area contributed by atoms with Crippen LogP contribution in [0.4, 0.5) is 17.1 Å². The Morgan fingerprint density at radius 2 is 1.11 bits per heavy atom. The molecule has 2 nitrogen and oxygen atoms in total. The summed E-state index contributed by atoms with van der Waals surface area (Å²) < 4.78 is 2.40. The number of para-hydroxylation sites is 1. The van der Waals surface area contributed by atoms with E-state index < -0.39 is 0 Å². The van der Waals surface area contributed by atoms with Crippen LogP contribution in [0.1, 0.15) is 23.7 Å². The van der Waals surface area contributed by atoms with Crippen molar-refractivity contribution in [2.24, 2.45) is 0 Å². The molecule has 0 atom stereocenters. The van der Waals surface area contributed by atoms with E-state index in [9.17, 15) is 0 Å². The molecule has 0 saturated heterocycles. The molecule has 0 unspecified atom stereocenters. The molecule has 2 heteroatoms. The lowest BCUT2D eigenvalue weighted by atomic mass is 9.93. The summed E-state index contributed by atoms with van der Waals surface area (Å²) in [7, 11) is 0. The van der Waals surface area contributed by atoms with Crippen molar-refractivity contribution in [1.82, 2.24) is 4.57 Å². The maximum absolute atomic E-state index is 2.44. The van der Waals surface area contributed by atoms with Gasteiger partial charge in [0.2, 0.25) is 0 Å². The number of aromatic nitrogens is 1. The van der Waals surface area contributed by atoms with Gasteiger partial charge in [0.15, 0.2) is 0 Å². The van der Waals surface area contributed by atoms with Crippen molar-refractivity contribution in [3.8, 4) is 5.69 Å². The van der Waals surface area contributed by atoms with Gasteiger partial charge in [-0.05, 0) is 102 Å². The van der Waals surface area contributed by atoms with Crippen LogP contribution in [-0.4, -0.2) is 4.57 Å². The minimum Gasteiger partial charge on any atom is -0.310 e. The highest BCUT2D eigenvalue weighted by Crippen LogP contribution is 2.45. The lowest BCUT2D eigenvalue weighted by Crippen LogP contribution is -2.11. The molecular weight excluding hydrogens is 544 g/mol. The average Bonchev–Trinajstić information content (AvgIpc) is 3.36. The Labute approximate surface area is 264 Å². The second kappa shape index (κ2) is 10.8. The molecule has 7 aromatic carbocycles. The van der Waals surface area contributed by atoms with Gasteiger partial charge < -0.3 is 9.47 Å². The third kappa shape index (κ3) is 4.33. The highest BCUT2D eigenvalue weighted by molar-refractivity contribution is 6.28. The van der Waals surface area contributed by atoms with E-state index in [1.165, 1.54) is 65.7 Å². The van der Waals surface area contributed by atoms with Crippen molar-refractivity contribution in [3.05, 3.63) is 162 Å². The van der Waals surface area contributed by atoms with E-state index in [1.807, 2.05) is 0 Å². The predicted molar refractivity (Wildman–Crippen MR) is 195 cm³/mol. The fraction of sp³-hybridized carbons (Fsp3) is 0.0698. The Hall–Kier alpha value is -5.60. The van der Waals surface area contributed by atoms with E-state index in [-0.39, 0.29) is 0 Å². The van der Waals surface area contributed by atoms with Gasteiger partial charge in [-0.1, -0.05) is 109 Å². The Morgan fingerprint density at radius 3 is 1.78 bits per heavy atom. The molecule has 0 bridgehead atoms. The van der Waals surface area contributed by atoms with Crippen molar-refractivity contribution in [2.45, 2.75) is 20.8 Å².